The molecule has 0 aliphatic rings. The van der Waals surface area contributed by atoms with Gasteiger partial charge in [-0.2, -0.15) is 9.97 Å². The van der Waals surface area contributed by atoms with Crippen molar-refractivity contribution in [3.63, 3.8) is 0 Å². The van der Waals surface area contributed by atoms with Crippen LogP contribution in [-0.4, -0.2) is 38.8 Å². The molecule has 3 aromatic heterocycles. The number of hydrogen-bond acceptors (Lipinski definition) is 8. The number of aromatic nitrogens is 5. The van der Waals surface area contributed by atoms with E-state index in [4.69, 9.17) is 14.0 Å². The Morgan fingerprint density at radius 2 is 1.96 bits per heavy atom. The van der Waals surface area contributed by atoms with Crippen molar-refractivity contribution >= 4 is 0 Å². The number of methoxy groups -OCH3 is 1. The molecule has 0 aliphatic carbocycles. The molecule has 0 saturated heterocycles. The van der Waals surface area contributed by atoms with Gasteiger partial charge in [0.25, 0.3) is 5.89 Å². The molecule has 8 heteroatoms. The van der Waals surface area contributed by atoms with E-state index in [2.05, 4.69) is 38.9 Å². The fourth-order valence-electron chi connectivity index (χ4n) is 2.43. The van der Waals surface area contributed by atoms with Gasteiger partial charge in [0, 0.05) is 17.8 Å². The van der Waals surface area contributed by atoms with Gasteiger partial charge in [0.2, 0.25) is 5.88 Å². The van der Waals surface area contributed by atoms with Crippen molar-refractivity contribution in [2.24, 2.45) is 5.92 Å². The summed E-state index contributed by atoms with van der Waals surface area (Å²) >= 11 is 0. The summed E-state index contributed by atoms with van der Waals surface area (Å²) in [6.07, 6.45) is 4.68. The number of pyridine rings is 1. The van der Waals surface area contributed by atoms with Crippen LogP contribution in [0.1, 0.15) is 31.3 Å². The second-order valence-corrected chi connectivity index (χ2v) is 6.08. The van der Waals surface area contributed by atoms with Gasteiger partial charge in [-0.25, -0.2) is 4.98 Å². The molecule has 3 heterocycles. The van der Waals surface area contributed by atoms with Gasteiger partial charge in [-0.15, -0.1) is 0 Å². The third-order valence-electron chi connectivity index (χ3n) is 4.26. The van der Waals surface area contributed by atoms with Gasteiger partial charge in [0.05, 0.1) is 19.9 Å². The number of aryl methyl sites for hydroxylation is 1. The summed E-state index contributed by atoms with van der Waals surface area (Å²) in [7, 11) is 1.63. The molecule has 136 valence electrons. The molecule has 2 atom stereocenters. The summed E-state index contributed by atoms with van der Waals surface area (Å²) in [6.45, 7) is 6.49. The molecule has 0 N–H and O–H groups in total. The van der Waals surface area contributed by atoms with Crippen LogP contribution in [0.2, 0.25) is 0 Å². The fourth-order valence-corrected chi connectivity index (χ4v) is 2.43. The van der Waals surface area contributed by atoms with E-state index in [0.29, 0.717) is 29.8 Å². The molecule has 0 spiro atoms. The van der Waals surface area contributed by atoms with Crippen LogP contribution in [0.4, 0.5) is 0 Å². The standard InChI is InChI=1S/C18H21N5O3/c1-11(12(2)16-6-5-14(24-4)7-20-16)9-25-18-15(8-19-13(3)23-18)17-21-10-22-26-17/h5-8,10-12H,9H2,1-4H3/t11?,12-/m0/s1. The van der Waals surface area contributed by atoms with Gasteiger partial charge in [-0.3, -0.25) is 4.98 Å². The highest BCUT2D eigenvalue weighted by molar-refractivity contribution is 5.58. The molecule has 0 aromatic carbocycles. The Hall–Kier alpha value is -3.03. The Morgan fingerprint density at radius 1 is 1.12 bits per heavy atom. The minimum atomic E-state index is 0.204. The maximum absolute atomic E-state index is 5.96. The average Bonchev–Trinajstić information content (AvgIpc) is 3.20. The van der Waals surface area contributed by atoms with Gasteiger partial charge in [0.1, 0.15) is 17.1 Å². The van der Waals surface area contributed by atoms with E-state index in [1.54, 1.807) is 26.4 Å². The quantitative estimate of drug-likeness (QED) is 0.638. The van der Waals surface area contributed by atoms with E-state index in [9.17, 15) is 0 Å². The van der Waals surface area contributed by atoms with E-state index in [1.165, 1.54) is 6.33 Å². The van der Waals surface area contributed by atoms with Gasteiger partial charge in [-0.1, -0.05) is 19.0 Å². The van der Waals surface area contributed by atoms with Crippen LogP contribution < -0.4 is 9.47 Å². The largest absolute Gasteiger partial charge is 0.495 e. The van der Waals surface area contributed by atoms with Crippen LogP contribution in [0.5, 0.6) is 11.6 Å². The highest BCUT2D eigenvalue weighted by Gasteiger charge is 2.19. The second kappa shape index (κ2) is 7.90. The van der Waals surface area contributed by atoms with Crippen LogP contribution in [-0.2, 0) is 0 Å². The molecule has 1 unspecified atom stereocenters. The predicted molar refractivity (Wildman–Crippen MR) is 93.9 cm³/mol. The first-order valence-corrected chi connectivity index (χ1v) is 8.32. The SMILES string of the molecule is COc1ccc([C@@H](C)C(C)COc2nc(C)ncc2-c2ncno2)nc1. The zero-order valence-electron chi connectivity index (χ0n) is 15.2. The monoisotopic (exact) mass is 355 g/mol. The summed E-state index contributed by atoms with van der Waals surface area (Å²) in [5, 5.41) is 3.62. The van der Waals surface area contributed by atoms with Crippen molar-refractivity contribution in [3.8, 4) is 23.1 Å². The van der Waals surface area contributed by atoms with Gasteiger partial charge in [-0.05, 0) is 25.0 Å². The maximum atomic E-state index is 5.96. The average molecular weight is 355 g/mol. The van der Waals surface area contributed by atoms with Crippen molar-refractivity contribution in [1.82, 2.24) is 25.1 Å². The van der Waals surface area contributed by atoms with Crippen molar-refractivity contribution in [2.45, 2.75) is 26.7 Å². The molecular weight excluding hydrogens is 334 g/mol. The second-order valence-electron chi connectivity index (χ2n) is 6.08. The van der Waals surface area contributed by atoms with Crippen molar-refractivity contribution in [3.05, 3.63) is 42.4 Å². The summed E-state index contributed by atoms with van der Waals surface area (Å²) in [6, 6.07) is 3.88. The summed E-state index contributed by atoms with van der Waals surface area (Å²) in [5.41, 5.74) is 1.56. The number of nitrogens with zero attached hydrogens (tertiary/aromatic N) is 5. The smallest absolute Gasteiger partial charge is 0.264 e. The first kappa shape index (κ1) is 17.8. The van der Waals surface area contributed by atoms with Crippen LogP contribution >= 0.6 is 0 Å². The molecular formula is C18H21N5O3. The van der Waals surface area contributed by atoms with Crippen molar-refractivity contribution in [2.75, 3.05) is 13.7 Å². The van der Waals surface area contributed by atoms with E-state index in [-0.39, 0.29) is 11.8 Å². The third kappa shape index (κ3) is 3.96. The molecule has 26 heavy (non-hydrogen) atoms. The topological polar surface area (TPSA) is 96.1 Å². The molecule has 8 nitrogen and oxygen atoms in total. The first-order valence-electron chi connectivity index (χ1n) is 8.32. The number of ether oxygens (including phenoxy) is 2. The van der Waals surface area contributed by atoms with Crippen LogP contribution in [0.25, 0.3) is 11.5 Å². The molecule has 3 aromatic rings. The molecule has 0 saturated carbocycles. The molecule has 0 aliphatic heterocycles. The lowest BCUT2D eigenvalue weighted by atomic mass is 9.93. The van der Waals surface area contributed by atoms with E-state index >= 15 is 0 Å². The Kier molecular flexibility index (Phi) is 5.40. The van der Waals surface area contributed by atoms with Crippen molar-refractivity contribution in [1.29, 1.82) is 0 Å². The predicted octanol–water partition coefficient (Wildman–Crippen LogP) is 3.06. The zero-order chi connectivity index (χ0) is 18.5. The lowest BCUT2D eigenvalue weighted by Crippen LogP contribution is -2.17. The van der Waals surface area contributed by atoms with E-state index in [0.717, 1.165) is 11.4 Å². The molecule has 3 rings (SSSR count). The van der Waals surface area contributed by atoms with Crippen LogP contribution in [0.15, 0.2) is 35.4 Å². The van der Waals surface area contributed by atoms with E-state index < -0.39 is 0 Å². The highest BCUT2D eigenvalue weighted by atomic mass is 16.5. The number of rotatable bonds is 7. The number of hydrogen-bond donors (Lipinski definition) is 0. The lowest BCUT2D eigenvalue weighted by Gasteiger charge is -2.20. The minimum Gasteiger partial charge on any atom is -0.495 e. The Balaban J connectivity index is 1.71. The van der Waals surface area contributed by atoms with Crippen LogP contribution in [0.3, 0.4) is 0 Å². The maximum Gasteiger partial charge on any atom is 0.264 e. The first-order chi connectivity index (χ1) is 12.6. The van der Waals surface area contributed by atoms with Gasteiger partial charge < -0.3 is 14.0 Å². The molecule has 0 fully saturated rings. The van der Waals surface area contributed by atoms with Gasteiger partial charge >= 0.3 is 0 Å². The zero-order valence-corrected chi connectivity index (χ0v) is 15.2. The lowest BCUT2D eigenvalue weighted by molar-refractivity contribution is 0.232. The van der Waals surface area contributed by atoms with Crippen molar-refractivity contribution < 1.29 is 14.0 Å². The third-order valence-corrected chi connectivity index (χ3v) is 4.26. The normalized spacial score (nSPS) is 13.2. The summed E-state index contributed by atoms with van der Waals surface area (Å²) in [4.78, 5) is 17.0. The highest BCUT2D eigenvalue weighted by Crippen LogP contribution is 2.28. The van der Waals surface area contributed by atoms with E-state index in [1.807, 2.05) is 12.1 Å². The van der Waals surface area contributed by atoms with Crippen LogP contribution in [0, 0.1) is 12.8 Å². The Labute approximate surface area is 151 Å². The minimum absolute atomic E-state index is 0.204. The molecule has 0 radical (unpaired) electrons. The summed E-state index contributed by atoms with van der Waals surface area (Å²) < 4.78 is 16.2. The Bertz CT molecular complexity index is 837. The Morgan fingerprint density at radius 3 is 2.62 bits per heavy atom. The fraction of sp³-hybridized carbons (Fsp3) is 0.389. The summed E-state index contributed by atoms with van der Waals surface area (Å²) in [5.74, 6) is 2.53. The molecule has 0 amide bonds. The van der Waals surface area contributed by atoms with Gasteiger partial charge in [0.15, 0.2) is 6.33 Å². The molecule has 0 bridgehead atoms.